The number of hydrogen-bond acceptors (Lipinski definition) is 1. The van der Waals surface area contributed by atoms with Crippen LogP contribution in [0.25, 0.3) is 0 Å². The number of benzene rings is 2. The number of carbonyl (C=O) groups excluding carboxylic acids is 1. The summed E-state index contributed by atoms with van der Waals surface area (Å²) in [5.41, 5.74) is 2.81. The molecule has 2 aromatic carbocycles. The van der Waals surface area contributed by atoms with Crippen molar-refractivity contribution in [1.82, 2.24) is 0 Å². The minimum absolute atomic E-state index is 0.0805. The van der Waals surface area contributed by atoms with Crippen LogP contribution < -0.4 is 0 Å². The Morgan fingerprint density at radius 3 is 2.39 bits per heavy atom. The van der Waals surface area contributed by atoms with E-state index >= 15 is 0 Å². The summed E-state index contributed by atoms with van der Waals surface area (Å²) in [5, 5.41) is 0. The van der Waals surface area contributed by atoms with Crippen molar-refractivity contribution in [2.45, 2.75) is 13.8 Å². The Hall–Kier alpha value is -1.48. The van der Waals surface area contributed by atoms with Gasteiger partial charge in [0.1, 0.15) is 5.82 Å². The van der Waals surface area contributed by atoms with Gasteiger partial charge >= 0.3 is 0 Å². The summed E-state index contributed by atoms with van der Waals surface area (Å²) in [6, 6.07) is 9.66. The first-order chi connectivity index (χ1) is 8.49. The number of rotatable bonds is 2. The van der Waals surface area contributed by atoms with Crippen molar-refractivity contribution >= 4 is 21.7 Å². The molecule has 2 rings (SSSR count). The maximum Gasteiger partial charge on any atom is 0.193 e. The van der Waals surface area contributed by atoms with E-state index in [-0.39, 0.29) is 11.6 Å². The molecule has 0 unspecified atom stereocenters. The second kappa shape index (κ2) is 5.02. The van der Waals surface area contributed by atoms with Crippen molar-refractivity contribution in [3.8, 4) is 0 Å². The summed E-state index contributed by atoms with van der Waals surface area (Å²) in [6.45, 7) is 3.67. The molecule has 0 radical (unpaired) electrons. The molecule has 0 atom stereocenters. The Bertz CT molecular complexity index is 620. The monoisotopic (exact) mass is 306 g/mol. The molecule has 0 bridgehead atoms. The highest BCUT2D eigenvalue weighted by atomic mass is 79.9. The lowest BCUT2D eigenvalue weighted by atomic mass is 9.98. The average Bonchev–Trinajstić information content (AvgIpc) is 2.32. The van der Waals surface area contributed by atoms with Gasteiger partial charge in [0.25, 0.3) is 0 Å². The van der Waals surface area contributed by atoms with Crippen molar-refractivity contribution < 1.29 is 9.18 Å². The smallest absolute Gasteiger partial charge is 0.193 e. The Balaban J connectivity index is 2.44. The quantitative estimate of drug-likeness (QED) is 0.750. The molecule has 3 heteroatoms. The van der Waals surface area contributed by atoms with Crippen LogP contribution in [0.3, 0.4) is 0 Å². The van der Waals surface area contributed by atoms with Crippen molar-refractivity contribution in [2.75, 3.05) is 0 Å². The maximum atomic E-state index is 13.0. The van der Waals surface area contributed by atoms with Crippen molar-refractivity contribution in [3.05, 3.63) is 68.9 Å². The summed E-state index contributed by atoms with van der Waals surface area (Å²) in [6.07, 6.45) is 0. The van der Waals surface area contributed by atoms with Gasteiger partial charge in [-0.2, -0.15) is 0 Å². The van der Waals surface area contributed by atoms with Crippen LogP contribution in [-0.2, 0) is 0 Å². The molecule has 0 amide bonds. The molecule has 0 saturated carbocycles. The molecule has 92 valence electrons. The molecule has 0 aliphatic heterocycles. The molecule has 0 fully saturated rings. The number of ketones is 1. The predicted molar refractivity (Wildman–Crippen MR) is 73.4 cm³/mol. The van der Waals surface area contributed by atoms with Crippen LogP contribution in [0.5, 0.6) is 0 Å². The number of hydrogen-bond donors (Lipinski definition) is 0. The normalized spacial score (nSPS) is 10.4. The highest BCUT2D eigenvalue weighted by molar-refractivity contribution is 9.10. The standard InChI is InChI=1S/C15H12BrFO/c1-9-8-12(17)4-5-13(9)15(18)11-3-6-14(16)10(2)7-11/h3-8H,1-2H3. The predicted octanol–water partition coefficient (Wildman–Crippen LogP) is 4.44. The fraction of sp³-hybridized carbons (Fsp3) is 0.133. The Morgan fingerprint density at radius 2 is 1.78 bits per heavy atom. The van der Waals surface area contributed by atoms with E-state index in [1.807, 2.05) is 19.1 Å². The van der Waals surface area contributed by atoms with Crippen molar-refractivity contribution in [2.24, 2.45) is 0 Å². The molecule has 0 spiro atoms. The lowest BCUT2D eigenvalue weighted by Crippen LogP contribution is -2.04. The summed E-state index contributed by atoms with van der Waals surface area (Å²) in [4.78, 5) is 12.3. The number of aryl methyl sites for hydroxylation is 2. The Kier molecular flexibility index (Phi) is 3.62. The van der Waals surface area contributed by atoms with Gasteiger partial charge in [-0.25, -0.2) is 4.39 Å². The van der Waals surface area contributed by atoms with Gasteiger partial charge in [-0.1, -0.05) is 15.9 Å². The molecule has 0 N–H and O–H groups in total. The minimum atomic E-state index is -0.323. The van der Waals surface area contributed by atoms with E-state index in [0.29, 0.717) is 16.7 Å². The lowest BCUT2D eigenvalue weighted by Gasteiger charge is -2.07. The molecule has 0 aliphatic rings. The van der Waals surface area contributed by atoms with Gasteiger partial charge in [0.15, 0.2) is 5.78 Å². The SMILES string of the molecule is Cc1cc(C(=O)c2ccc(F)cc2C)ccc1Br. The van der Waals surface area contributed by atoms with Gasteiger partial charge in [0.05, 0.1) is 0 Å². The second-order valence-electron chi connectivity index (χ2n) is 4.25. The highest BCUT2D eigenvalue weighted by Crippen LogP contribution is 2.20. The van der Waals surface area contributed by atoms with Crippen LogP contribution >= 0.6 is 15.9 Å². The molecule has 18 heavy (non-hydrogen) atoms. The minimum Gasteiger partial charge on any atom is -0.289 e. The van der Waals surface area contributed by atoms with Gasteiger partial charge in [-0.05, 0) is 61.4 Å². The molecule has 0 saturated heterocycles. The van der Waals surface area contributed by atoms with Crippen LogP contribution in [-0.4, -0.2) is 5.78 Å². The van der Waals surface area contributed by atoms with E-state index < -0.39 is 0 Å². The number of halogens is 2. The van der Waals surface area contributed by atoms with Gasteiger partial charge in [0, 0.05) is 15.6 Å². The Morgan fingerprint density at radius 1 is 1.06 bits per heavy atom. The Labute approximate surface area is 114 Å². The maximum absolute atomic E-state index is 13.0. The van der Waals surface area contributed by atoms with Crippen LogP contribution in [0.4, 0.5) is 4.39 Å². The van der Waals surface area contributed by atoms with Gasteiger partial charge in [-0.15, -0.1) is 0 Å². The average molecular weight is 307 g/mol. The third kappa shape index (κ3) is 2.51. The van der Waals surface area contributed by atoms with E-state index in [2.05, 4.69) is 15.9 Å². The molecule has 1 nitrogen and oxygen atoms in total. The zero-order valence-electron chi connectivity index (χ0n) is 10.1. The second-order valence-corrected chi connectivity index (χ2v) is 5.11. The van der Waals surface area contributed by atoms with Crippen molar-refractivity contribution in [3.63, 3.8) is 0 Å². The lowest BCUT2D eigenvalue weighted by molar-refractivity contribution is 0.103. The molecule has 0 aromatic heterocycles. The molecule has 2 aromatic rings. The highest BCUT2D eigenvalue weighted by Gasteiger charge is 2.12. The molecule has 0 heterocycles. The first-order valence-corrected chi connectivity index (χ1v) is 6.35. The van der Waals surface area contributed by atoms with Gasteiger partial charge in [0.2, 0.25) is 0 Å². The first kappa shape index (κ1) is 13.0. The van der Waals surface area contributed by atoms with Crippen LogP contribution in [0.15, 0.2) is 40.9 Å². The summed E-state index contributed by atoms with van der Waals surface area (Å²) < 4.78 is 14.0. The zero-order valence-corrected chi connectivity index (χ0v) is 11.7. The first-order valence-electron chi connectivity index (χ1n) is 5.56. The largest absolute Gasteiger partial charge is 0.289 e. The van der Waals surface area contributed by atoms with Crippen LogP contribution in [0.2, 0.25) is 0 Å². The van der Waals surface area contributed by atoms with E-state index in [1.165, 1.54) is 18.2 Å². The van der Waals surface area contributed by atoms with Crippen LogP contribution in [0.1, 0.15) is 27.0 Å². The van der Waals surface area contributed by atoms with E-state index in [4.69, 9.17) is 0 Å². The van der Waals surface area contributed by atoms with Gasteiger partial charge in [-0.3, -0.25) is 4.79 Å². The fourth-order valence-corrected chi connectivity index (χ4v) is 2.07. The number of carbonyl (C=O) groups is 1. The summed E-state index contributed by atoms with van der Waals surface area (Å²) in [7, 11) is 0. The van der Waals surface area contributed by atoms with Crippen LogP contribution in [0, 0.1) is 19.7 Å². The summed E-state index contributed by atoms with van der Waals surface area (Å²) in [5.74, 6) is -0.404. The third-order valence-corrected chi connectivity index (χ3v) is 3.74. The van der Waals surface area contributed by atoms with E-state index in [0.717, 1.165) is 10.0 Å². The molecular weight excluding hydrogens is 295 g/mol. The topological polar surface area (TPSA) is 17.1 Å². The summed E-state index contributed by atoms with van der Waals surface area (Å²) >= 11 is 3.40. The van der Waals surface area contributed by atoms with E-state index in [9.17, 15) is 9.18 Å². The fourth-order valence-electron chi connectivity index (χ4n) is 1.82. The van der Waals surface area contributed by atoms with E-state index in [1.54, 1.807) is 13.0 Å². The molecule has 0 aliphatic carbocycles. The molecular formula is C15H12BrFO. The van der Waals surface area contributed by atoms with Gasteiger partial charge < -0.3 is 0 Å². The third-order valence-electron chi connectivity index (χ3n) is 2.85. The van der Waals surface area contributed by atoms with Crippen molar-refractivity contribution in [1.29, 1.82) is 0 Å². The zero-order chi connectivity index (χ0) is 13.3.